The van der Waals surface area contributed by atoms with Gasteiger partial charge in [0.05, 0.1) is 12.1 Å². The molecule has 196 valence electrons. The highest BCUT2D eigenvalue weighted by Gasteiger charge is 2.39. The van der Waals surface area contributed by atoms with E-state index in [-0.39, 0.29) is 24.8 Å². The van der Waals surface area contributed by atoms with Crippen molar-refractivity contribution in [1.82, 2.24) is 19.8 Å². The smallest absolute Gasteiger partial charge is 0.408 e. The number of fused-ring (bicyclic) bond motifs is 1. The van der Waals surface area contributed by atoms with E-state index in [9.17, 15) is 14.0 Å². The number of alkyl carbamates (subject to hydrolysis) is 1. The Labute approximate surface area is 220 Å². The molecule has 3 aromatic rings. The van der Waals surface area contributed by atoms with Crippen LogP contribution in [0.4, 0.5) is 20.7 Å². The molecule has 2 N–H and O–H groups in total. The lowest BCUT2D eigenvalue weighted by molar-refractivity contribution is -0.138. The molecular weight excluding hydrogens is 497 g/mol. The molecule has 37 heavy (non-hydrogen) atoms. The molecule has 0 spiro atoms. The number of benzene rings is 2. The molecule has 0 bridgehead atoms. The topological polar surface area (TPSA) is 88.5 Å². The van der Waals surface area contributed by atoms with E-state index in [2.05, 4.69) is 10.6 Å². The number of hydrogen-bond acceptors (Lipinski definition) is 5. The van der Waals surface area contributed by atoms with Crippen LogP contribution >= 0.6 is 11.6 Å². The number of anilines is 2. The standard InChI is InChI=1S/C27H31ClFN5O3/c1-26(2,3)37-25(36)30-14-22(35)34-15-21-32-23(17-6-10-19(29)11-7-17)24(33(21)16-27(34,4)5)31-20-12-8-18(28)9-13-20/h6-13,31H,14-16H2,1-5H3,(H,30,36). The fourth-order valence-corrected chi connectivity index (χ4v) is 4.33. The molecule has 1 aliphatic heterocycles. The summed E-state index contributed by atoms with van der Waals surface area (Å²) >= 11 is 6.06. The summed E-state index contributed by atoms with van der Waals surface area (Å²) in [4.78, 5) is 31.8. The van der Waals surface area contributed by atoms with Gasteiger partial charge in [-0.15, -0.1) is 0 Å². The fourth-order valence-electron chi connectivity index (χ4n) is 4.21. The van der Waals surface area contributed by atoms with Crippen molar-refractivity contribution in [3.63, 3.8) is 0 Å². The monoisotopic (exact) mass is 527 g/mol. The number of nitrogens with one attached hydrogen (secondary N) is 2. The second kappa shape index (κ2) is 10.0. The Bertz CT molecular complexity index is 1300. The number of carbonyl (C=O) groups excluding carboxylic acids is 2. The van der Waals surface area contributed by atoms with E-state index in [1.165, 1.54) is 12.1 Å². The highest BCUT2D eigenvalue weighted by molar-refractivity contribution is 6.30. The normalized spacial score (nSPS) is 14.6. The van der Waals surface area contributed by atoms with Crippen LogP contribution in [0.25, 0.3) is 11.3 Å². The van der Waals surface area contributed by atoms with Crippen LogP contribution in [-0.2, 0) is 22.6 Å². The summed E-state index contributed by atoms with van der Waals surface area (Å²) in [6.45, 7) is 9.70. The largest absolute Gasteiger partial charge is 0.444 e. The van der Waals surface area contributed by atoms with Crippen molar-refractivity contribution < 1.29 is 18.7 Å². The van der Waals surface area contributed by atoms with Gasteiger partial charge in [0, 0.05) is 22.8 Å². The Balaban J connectivity index is 1.64. The van der Waals surface area contributed by atoms with Gasteiger partial charge in [0.25, 0.3) is 0 Å². The number of imidazole rings is 1. The van der Waals surface area contributed by atoms with Gasteiger partial charge < -0.3 is 24.8 Å². The van der Waals surface area contributed by atoms with Gasteiger partial charge in [0.1, 0.15) is 35.3 Å². The second-order valence-electron chi connectivity index (χ2n) is 10.6. The molecular formula is C27H31ClFN5O3. The number of halogens is 2. The summed E-state index contributed by atoms with van der Waals surface area (Å²) in [5, 5.41) is 6.60. The first kappa shape index (κ1) is 26.5. The second-order valence-corrected chi connectivity index (χ2v) is 11.0. The third-order valence-corrected chi connectivity index (χ3v) is 6.18. The molecule has 1 aliphatic rings. The SMILES string of the molecule is CC(C)(C)OC(=O)NCC(=O)N1Cc2nc(-c3ccc(F)cc3)c(Nc3ccc(Cl)cc3)n2CC1(C)C. The minimum Gasteiger partial charge on any atom is -0.444 e. The number of aromatic nitrogens is 2. The van der Waals surface area contributed by atoms with Gasteiger partial charge in [-0.3, -0.25) is 4.79 Å². The van der Waals surface area contributed by atoms with E-state index in [0.717, 1.165) is 17.1 Å². The molecule has 10 heteroatoms. The van der Waals surface area contributed by atoms with E-state index < -0.39 is 17.2 Å². The van der Waals surface area contributed by atoms with Gasteiger partial charge in [-0.25, -0.2) is 14.2 Å². The first-order valence-electron chi connectivity index (χ1n) is 12.0. The van der Waals surface area contributed by atoms with Crippen molar-refractivity contribution in [2.75, 3.05) is 11.9 Å². The van der Waals surface area contributed by atoms with Crippen molar-refractivity contribution in [3.8, 4) is 11.3 Å². The predicted molar refractivity (Wildman–Crippen MR) is 141 cm³/mol. The Morgan fingerprint density at radius 2 is 1.76 bits per heavy atom. The predicted octanol–water partition coefficient (Wildman–Crippen LogP) is 5.73. The van der Waals surface area contributed by atoms with E-state index in [0.29, 0.717) is 23.1 Å². The van der Waals surface area contributed by atoms with Crippen LogP contribution in [0.3, 0.4) is 0 Å². The fraction of sp³-hybridized carbons (Fsp3) is 0.370. The maximum atomic E-state index is 13.6. The van der Waals surface area contributed by atoms with Crippen LogP contribution in [0, 0.1) is 5.82 Å². The maximum absolute atomic E-state index is 13.6. The van der Waals surface area contributed by atoms with Gasteiger partial charge in [0.2, 0.25) is 5.91 Å². The van der Waals surface area contributed by atoms with Gasteiger partial charge in [0.15, 0.2) is 0 Å². The van der Waals surface area contributed by atoms with Gasteiger partial charge in [-0.1, -0.05) is 11.6 Å². The molecule has 1 aromatic heterocycles. The molecule has 0 saturated carbocycles. The zero-order valence-electron chi connectivity index (χ0n) is 21.6. The minimum atomic E-state index is -0.660. The number of carbonyl (C=O) groups is 2. The summed E-state index contributed by atoms with van der Waals surface area (Å²) < 4.78 is 20.9. The zero-order chi connectivity index (χ0) is 27.0. The molecule has 0 unspecified atom stereocenters. The molecule has 0 radical (unpaired) electrons. The van der Waals surface area contributed by atoms with Crippen molar-refractivity contribution in [2.24, 2.45) is 0 Å². The van der Waals surface area contributed by atoms with Crippen molar-refractivity contribution >= 4 is 35.1 Å². The quantitative estimate of drug-likeness (QED) is 0.442. The molecule has 0 saturated heterocycles. The molecule has 2 amide bonds. The number of rotatable bonds is 5. The van der Waals surface area contributed by atoms with E-state index in [4.69, 9.17) is 21.3 Å². The highest BCUT2D eigenvalue weighted by Crippen LogP contribution is 2.37. The summed E-state index contributed by atoms with van der Waals surface area (Å²) in [7, 11) is 0. The summed E-state index contributed by atoms with van der Waals surface area (Å²) in [6, 6.07) is 13.4. The average molecular weight is 528 g/mol. The zero-order valence-corrected chi connectivity index (χ0v) is 22.3. The molecule has 2 aromatic carbocycles. The van der Waals surface area contributed by atoms with Gasteiger partial charge in [-0.05, 0) is 83.1 Å². The Hall–Kier alpha value is -3.59. The average Bonchev–Trinajstić information content (AvgIpc) is 3.13. The van der Waals surface area contributed by atoms with Crippen LogP contribution in [0.2, 0.25) is 5.02 Å². The Kier molecular flexibility index (Phi) is 7.19. The lowest BCUT2D eigenvalue weighted by Crippen LogP contribution is -2.55. The summed E-state index contributed by atoms with van der Waals surface area (Å²) in [5.74, 6) is 0.813. The lowest BCUT2D eigenvalue weighted by atomic mass is 9.99. The number of ether oxygens (including phenoxy) is 1. The molecule has 0 atom stereocenters. The maximum Gasteiger partial charge on any atom is 0.408 e. The third kappa shape index (κ3) is 6.22. The van der Waals surface area contributed by atoms with Gasteiger partial charge >= 0.3 is 6.09 Å². The minimum absolute atomic E-state index is 0.195. The summed E-state index contributed by atoms with van der Waals surface area (Å²) in [6.07, 6.45) is -0.648. The van der Waals surface area contributed by atoms with Crippen LogP contribution in [0.5, 0.6) is 0 Å². The first-order valence-corrected chi connectivity index (χ1v) is 12.4. The van der Waals surface area contributed by atoms with Crippen LogP contribution in [0.1, 0.15) is 40.4 Å². The number of hydrogen-bond donors (Lipinski definition) is 2. The van der Waals surface area contributed by atoms with Crippen molar-refractivity contribution in [1.29, 1.82) is 0 Å². The molecule has 2 heterocycles. The third-order valence-electron chi connectivity index (χ3n) is 5.93. The van der Waals surface area contributed by atoms with Crippen LogP contribution in [-0.4, -0.2) is 44.1 Å². The van der Waals surface area contributed by atoms with E-state index in [1.54, 1.807) is 49.9 Å². The van der Waals surface area contributed by atoms with Gasteiger partial charge in [-0.2, -0.15) is 0 Å². The Morgan fingerprint density at radius 3 is 2.38 bits per heavy atom. The Morgan fingerprint density at radius 1 is 1.11 bits per heavy atom. The van der Waals surface area contributed by atoms with Crippen LogP contribution in [0.15, 0.2) is 48.5 Å². The first-order chi connectivity index (χ1) is 17.3. The molecule has 4 rings (SSSR count). The van der Waals surface area contributed by atoms with Crippen molar-refractivity contribution in [2.45, 2.75) is 58.8 Å². The number of nitrogens with zero attached hydrogens (tertiary/aromatic N) is 3. The van der Waals surface area contributed by atoms with Crippen LogP contribution < -0.4 is 10.6 Å². The number of amides is 2. The highest BCUT2D eigenvalue weighted by atomic mass is 35.5. The molecule has 0 aliphatic carbocycles. The molecule has 8 nitrogen and oxygen atoms in total. The van der Waals surface area contributed by atoms with E-state index >= 15 is 0 Å². The van der Waals surface area contributed by atoms with Crippen molar-refractivity contribution in [3.05, 3.63) is 65.2 Å². The lowest BCUT2D eigenvalue weighted by Gasteiger charge is -2.43. The molecule has 0 fully saturated rings. The van der Waals surface area contributed by atoms with E-state index in [1.807, 2.05) is 30.5 Å². The summed E-state index contributed by atoms with van der Waals surface area (Å²) in [5.41, 5.74) is 0.945.